The number of primary amides is 1. The van der Waals surface area contributed by atoms with E-state index in [1.165, 1.54) is 111 Å². The van der Waals surface area contributed by atoms with Gasteiger partial charge in [-0.15, -0.1) is 12.6 Å². The van der Waals surface area contributed by atoms with E-state index in [1.54, 1.807) is 0 Å². The largest absolute Gasteiger partial charge is 0.469 e. The van der Waals surface area contributed by atoms with E-state index in [0.717, 1.165) is 52.1 Å². The van der Waals surface area contributed by atoms with Gasteiger partial charge in [0.15, 0.2) is 1.41 Å². The summed E-state index contributed by atoms with van der Waals surface area (Å²) in [4.78, 5) is 88.5. The number of hydrogen-bond donors (Lipinski definition) is 6. The van der Waals surface area contributed by atoms with Crippen molar-refractivity contribution < 1.29 is 63.8 Å². The second-order valence-electron chi connectivity index (χ2n) is 18.4. The van der Waals surface area contributed by atoms with Crippen LogP contribution in [-0.4, -0.2) is 114 Å². The molecule has 1 rings (SSSR count). The third kappa shape index (κ3) is 28.9. The van der Waals surface area contributed by atoms with Gasteiger partial charge in [-0.1, -0.05) is 142 Å². The molecule has 4 amide bonds. The van der Waals surface area contributed by atoms with Gasteiger partial charge < -0.3 is 50.5 Å². The lowest BCUT2D eigenvalue weighted by atomic mass is 9.97. The molecular weight excluding hydrogens is 897 g/mol. The minimum absolute atomic E-state index is 0.174. The highest BCUT2D eigenvalue weighted by molar-refractivity contribution is 7.80. The van der Waals surface area contributed by atoms with Crippen molar-refractivity contribution in [1.82, 2.24) is 15.9 Å². The molecule has 394 valence electrons. The minimum atomic E-state index is -1.60. The molecule has 0 aliphatic carbocycles. The van der Waals surface area contributed by atoms with Crippen LogP contribution in [-0.2, 0) is 57.2 Å². The fourth-order valence-corrected chi connectivity index (χ4v) is 8.45. The number of esters is 3. The van der Waals surface area contributed by atoms with Gasteiger partial charge in [0.25, 0.3) is 0 Å². The first-order chi connectivity index (χ1) is 33.0. The number of nitrogens with two attached hydrogens (primary N) is 1. The lowest BCUT2D eigenvalue weighted by molar-refractivity contribution is -0.204. The van der Waals surface area contributed by atoms with E-state index in [0.29, 0.717) is 18.2 Å². The van der Waals surface area contributed by atoms with Gasteiger partial charge in [0.05, 0.1) is 19.6 Å². The average Bonchev–Trinajstić information content (AvgIpc) is 3.31. The summed E-state index contributed by atoms with van der Waals surface area (Å²) in [6, 6.07) is -3.88. The van der Waals surface area contributed by atoms with Gasteiger partial charge in [0, 0.05) is 19.8 Å². The number of nitrogens with one attached hydrogen (secondary N) is 3. The number of carbonyl (C=O) groups excluding carboxylic acids is 7. The predicted molar refractivity (Wildman–Crippen MR) is 263 cm³/mol. The van der Waals surface area contributed by atoms with Crippen molar-refractivity contribution in [1.29, 1.82) is 0 Å². The van der Waals surface area contributed by atoms with Crippen LogP contribution in [0.1, 0.15) is 208 Å². The molecule has 0 aromatic carbocycles. The third-order valence-corrected chi connectivity index (χ3v) is 12.7. The molecule has 1 heterocycles. The van der Waals surface area contributed by atoms with Crippen LogP contribution in [0, 0.1) is 0 Å². The molecule has 1 fully saturated rings. The number of carbonyl (C=O) groups is 7. The molecule has 6 N–H and O–H groups in total. The first-order valence-corrected chi connectivity index (χ1v) is 26.3. The molecule has 0 radical (unpaired) electrons. The number of rotatable bonds is 40. The summed E-state index contributed by atoms with van der Waals surface area (Å²) in [6.07, 6.45) is 19.2. The van der Waals surface area contributed by atoms with Crippen molar-refractivity contribution in [2.24, 2.45) is 5.73 Å². The van der Waals surface area contributed by atoms with E-state index >= 15 is 0 Å². The summed E-state index contributed by atoms with van der Waals surface area (Å²) in [6.45, 7) is 7.70. The Bertz CT molecular complexity index is 1500. The number of aliphatic hydroxyl groups is 1. The van der Waals surface area contributed by atoms with E-state index in [4.69, 9.17) is 26.1 Å². The highest BCUT2D eigenvalue weighted by Crippen LogP contribution is 2.28. The van der Waals surface area contributed by atoms with Crippen LogP contribution in [0.15, 0.2) is 0 Å². The number of thiol groups is 1. The molecule has 1 saturated heterocycles. The maximum Gasteiger partial charge on any atom is 0.309 e. The molecule has 0 bridgehead atoms. The Hall–Kier alpha value is -3.48. The summed E-state index contributed by atoms with van der Waals surface area (Å²) >= 11 is 4.47. The average molecular weight is 988 g/mol. The van der Waals surface area contributed by atoms with Gasteiger partial charge in [-0.2, -0.15) is 0 Å². The maximum atomic E-state index is 13.4. The van der Waals surface area contributed by atoms with Crippen LogP contribution in [0.5, 0.6) is 0 Å². The van der Waals surface area contributed by atoms with E-state index in [2.05, 4.69) is 41.8 Å². The van der Waals surface area contributed by atoms with Crippen molar-refractivity contribution in [2.75, 3.05) is 13.7 Å². The molecular formula is C50H90N4O13S. The normalized spacial score (nSPS) is 19.9. The standard InChI is InChI=1S/C50H90N4O13S/c1-7-9-11-13-15-17-19-21-23-25-27-29-38(66-42(57)30-28-26-24-22-20-18-16-14-12-10-8-2)33-43(58)64-34-40-45(59)46(44(50(68)67-40)53-37(5)55)65-36(4)49(62)52-35(3)48(61)54-39(47(51)60)31-32-41(56)63-6/h35-36,38-40,44-46,50,59,68H,7-34H2,1-6H3,(H2,51,60)(H,52,62)(H,53,55)(H,54,61)/t35-,36+,38+,39-,40+,44+,45+,46+,50-/m0/s1/i/hD. The Labute approximate surface area is 414 Å². The summed E-state index contributed by atoms with van der Waals surface area (Å²) in [5.41, 5.74) is 4.26. The molecule has 1 aliphatic heterocycles. The highest BCUT2D eigenvalue weighted by Gasteiger charge is 2.47. The molecule has 0 saturated carbocycles. The first-order valence-electron chi connectivity index (χ1n) is 26.2. The van der Waals surface area contributed by atoms with Gasteiger partial charge in [-0.3, -0.25) is 33.6 Å². The Morgan fingerprint density at radius 1 is 0.721 bits per heavy atom. The number of ether oxygens (including phenoxy) is 5. The molecule has 68 heavy (non-hydrogen) atoms. The van der Waals surface area contributed by atoms with Crippen LogP contribution in [0.2, 0.25) is 1.41 Å². The van der Waals surface area contributed by atoms with Crippen molar-refractivity contribution in [3.63, 3.8) is 0 Å². The SMILES string of the molecule is [2H]N(C(=O)[C@@H](C)O[C@H]1[C@H](O)[C@@H](COC(=O)C[C@@H](CCCCCCCCCCCCC)OC(=O)CCCCCCCCCCCCC)O[C@@H](S)[C@@H]1NC(C)=O)[C@@H](C)C(=O)N[C@@H](CCC(=O)OC)C(N)=O. The zero-order valence-electron chi connectivity index (χ0n) is 43.3. The number of methoxy groups -OCH3 is 1. The summed E-state index contributed by atoms with van der Waals surface area (Å²) in [7, 11) is 1.16. The lowest BCUT2D eigenvalue weighted by Crippen LogP contribution is -2.64. The quantitative estimate of drug-likeness (QED) is 0.0158. The van der Waals surface area contributed by atoms with Crippen LogP contribution in [0.25, 0.3) is 0 Å². The third-order valence-electron chi connectivity index (χ3n) is 12.2. The van der Waals surface area contributed by atoms with Gasteiger partial charge in [-0.25, -0.2) is 0 Å². The van der Waals surface area contributed by atoms with Crippen molar-refractivity contribution in [2.45, 2.75) is 262 Å². The summed E-state index contributed by atoms with van der Waals surface area (Å²) in [5, 5.41) is 16.8. The van der Waals surface area contributed by atoms with Crippen LogP contribution >= 0.6 is 12.6 Å². The molecule has 9 atom stereocenters. The van der Waals surface area contributed by atoms with Gasteiger partial charge >= 0.3 is 17.9 Å². The summed E-state index contributed by atoms with van der Waals surface area (Å²) in [5.74, 6) is -5.07. The van der Waals surface area contributed by atoms with E-state index < -0.39 is 96.3 Å². The molecule has 0 aromatic heterocycles. The number of amides is 4. The number of hydrogen-bond acceptors (Lipinski definition) is 14. The maximum absolute atomic E-state index is 13.4. The second-order valence-corrected chi connectivity index (χ2v) is 18.9. The minimum Gasteiger partial charge on any atom is -0.469 e. The van der Waals surface area contributed by atoms with Gasteiger partial charge in [-0.05, 0) is 39.5 Å². The lowest BCUT2D eigenvalue weighted by Gasteiger charge is -2.43. The van der Waals surface area contributed by atoms with Gasteiger partial charge in [0.2, 0.25) is 23.6 Å². The zero-order valence-corrected chi connectivity index (χ0v) is 43.2. The fraction of sp³-hybridized carbons (Fsp3) is 0.860. The fourth-order valence-electron chi connectivity index (χ4n) is 8.05. The smallest absolute Gasteiger partial charge is 0.309 e. The highest BCUT2D eigenvalue weighted by atomic mass is 32.1. The molecule has 0 aromatic rings. The molecule has 0 unspecified atom stereocenters. The Balaban J connectivity index is 2.92. The van der Waals surface area contributed by atoms with Crippen molar-refractivity contribution in [3.8, 4) is 0 Å². The van der Waals surface area contributed by atoms with E-state index in [1.807, 2.05) is 0 Å². The zero-order chi connectivity index (χ0) is 51.6. The monoisotopic (exact) mass is 988 g/mol. The Kier molecular flexibility index (Phi) is 34.2. The Morgan fingerprint density at radius 3 is 1.74 bits per heavy atom. The first kappa shape index (κ1) is 60.6. The molecule has 1 aliphatic rings. The van der Waals surface area contributed by atoms with Gasteiger partial charge in [0.1, 0.15) is 54.6 Å². The molecule has 17 nitrogen and oxygen atoms in total. The predicted octanol–water partition coefficient (Wildman–Crippen LogP) is 6.96. The van der Waals surface area contributed by atoms with E-state index in [9.17, 15) is 38.7 Å². The number of unbranched alkanes of at least 4 members (excludes halogenated alkanes) is 20. The number of aliphatic hydroxyl groups excluding tert-OH is 1. The van der Waals surface area contributed by atoms with Crippen molar-refractivity contribution >= 4 is 54.2 Å². The summed E-state index contributed by atoms with van der Waals surface area (Å²) < 4.78 is 36.3. The topological polar surface area (TPSA) is 248 Å². The molecule has 0 spiro atoms. The van der Waals surface area contributed by atoms with Crippen LogP contribution < -0.4 is 21.7 Å². The van der Waals surface area contributed by atoms with Crippen molar-refractivity contribution in [3.05, 3.63) is 0 Å². The molecule has 18 heteroatoms. The van der Waals surface area contributed by atoms with Crippen LogP contribution in [0.3, 0.4) is 0 Å². The van der Waals surface area contributed by atoms with E-state index in [-0.39, 0.29) is 31.7 Å². The second kappa shape index (κ2) is 38.3. The Morgan fingerprint density at radius 2 is 1.24 bits per heavy atom. The van der Waals surface area contributed by atoms with Crippen LogP contribution in [0.4, 0.5) is 0 Å².